The van der Waals surface area contributed by atoms with E-state index in [9.17, 15) is 4.79 Å². The minimum absolute atomic E-state index is 0.184. The van der Waals surface area contributed by atoms with E-state index in [1.807, 2.05) is 13.8 Å². The molecule has 0 amide bonds. The van der Waals surface area contributed by atoms with Gasteiger partial charge < -0.3 is 4.74 Å². The molecule has 0 spiro atoms. The molecule has 0 atom stereocenters. The zero-order valence-corrected chi connectivity index (χ0v) is 8.02. The Balaban J connectivity index is 2.64. The van der Waals surface area contributed by atoms with Gasteiger partial charge in [0.1, 0.15) is 0 Å². The molecule has 0 radical (unpaired) electrons. The predicted octanol–water partition coefficient (Wildman–Crippen LogP) is 0.574. The molecule has 0 aliphatic heterocycles. The fraction of sp³-hybridized carbons (Fsp3) is 0.625. The Hall–Kier alpha value is -1.39. The molecule has 72 valence electrons. The summed E-state index contributed by atoms with van der Waals surface area (Å²) in [5.41, 5.74) is 0.639. The highest BCUT2D eigenvalue weighted by Crippen LogP contribution is 2.03. The van der Waals surface area contributed by atoms with Crippen LogP contribution in [0.4, 0.5) is 0 Å². The SMILES string of the molecule is COC(=O)Cc1cn(C(C)C)nn1. The first kappa shape index (κ1) is 9.70. The molecule has 1 heterocycles. The van der Waals surface area contributed by atoms with E-state index in [2.05, 4.69) is 15.0 Å². The number of esters is 1. The Morgan fingerprint density at radius 3 is 2.85 bits per heavy atom. The summed E-state index contributed by atoms with van der Waals surface area (Å²) in [5, 5.41) is 7.70. The van der Waals surface area contributed by atoms with E-state index in [0.29, 0.717) is 5.69 Å². The predicted molar refractivity (Wildman–Crippen MR) is 46.1 cm³/mol. The number of ether oxygens (including phenoxy) is 1. The molecule has 0 aromatic carbocycles. The monoisotopic (exact) mass is 183 g/mol. The van der Waals surface area contributed by atoms with Crippen LogP contribution in [0.15, 0.2) is 6.20 Å². The third-order valence-electron chi connectivity index (χ3n) is 1.64. The van der Waals surface area contributed by atoms with Gasteiger partial charge in [-0.1, -0.05) is 5.21 Å². The lowest BCUT2D eigenvalue weighted by Gasteiger charge is -2.00. The summed E-state index contributed by atoms with van der Waals surface area (Å²) in [5.74, 6) is -0.296. The van der Waals surface area contributed by atoms with Crippen molar-refractivity contribution in [2.24, 2.45) is 0 Å². The van der Waals surface area contributed by atoms with Crippen LogP contribution in [0, 0.1) is 0 Å². The third kappa shape index (κ3) is 2.54. The molecular weight excluding hydrogens is 170 g/mol. The fourth-order valence-corrected chi connectivity index (χ4v) is 0.867. The minimum Gasteiger partial charge on any atom is -0.469 e. The Morgan fingerprint density at radius 2 is 2.38 bits per heavy atom. The highest BCUT2D eigenvalue weighted by atomic mass is 16.5. The fourth-order valence-electron chi connectivity index (χ4n) is 0.867. The van der Waals surface area contributed by atoms with Gasteiger partial charge in [0.2, 0.25) is 0 Å². The molecule has 13 heavy (non-hydrogen) atoms. The van der Waals surface area contributed by atoms with E-state index in [1.54, 1.807) is 10.9 Å². The van der Waals surface area contributed by atoms with Crippen molar-refractivity contribution in [1.29, 1.82) is 0 Å². The van der Waals surface area contributed by atoms with E-state index >= 15 is 0 Å². The van der Waals surface area contributed by atoms with Gasteiger partial charge in [-0.25, -0.2) is 4.68 Å². The largest absolute Gasteiger partial charge is 0.469 e. The van der Waals surface area contributed by atoms with Crippen LogP contribution in [0.25, 0.3) is 0 Å². The number of carbonyl (C=O) groups is 1. The van der Waals surface area contributed by atoms with Crippen molar-refractivity contribution >= 4 is 5.97 Å². The summed E-state index contributed by atoms with van der Waals surface area (Å²) in [6.45, 7) is 3.99. The molecule has 0 unspecified atom stereocenters. The molecule has 0 aliphatic carbocycles. The average Bonchev–Trinajstić information content (AvgIpc) is 2.52. The van der Waals surface area contributed by atoms with Gasteiger partial charge in [0.05, 0.1) is 19.2 Å². The van der Waals surface area contributed by atoms with Gasteiger partial charge in [-0.15, -0.1) is 5.10 Å². The van der Waals surface area contributed by atoms with Crippen molar-refractivity contribution in [3.05, 3.63) is 11.9 Å². The number of rotatable bonds is 3. The first-order valence-corrected chi connectivity index (χ1v) is 4.11. The summed E-state index contributed by atoms with van der Waals surface area (Å²) in [6.07, 6.45) is 1.94. The first-order chi connectivity index (χ1) is 6.13. The number of nitrogens with zero attached hydrogens (tertiary/aromatic N) is 3. The number of hydrogen-bond acceptors (Lipinski definition) is 4. The molecule has 1 aromatic rings. The quantitative estimate of drug-likeness (QED) is 0.643. The lowest BCUT2D eigenvalue weighted by atomic mass is 10.3. The van der Waals surface area contributed by atoms with Crippen LogP contribution in [-0.2, 0) is 16.0 Å². The van der Waals surface area contributed by atoms with Crippen LogP contribution in [0.1, 0.15) is 25.6 Å². The third-order valence-corrected chi connectivity index (χ3v) is 1.64. The Kier molecular flexibility index (Phi) is 3.00. The van der Waals surface area contributed by atoms with Crippen molar-refractivity contribution in [3.8, 4) is 0 Å². The smallest absolute Gasteiger partial charge is 0.311 e. The number of hydrogen-bond donors (Lipinski definition) is 0. The number of aromatic nitrogens is 3. The van der Waals surface area contributed by atoms with Crippen LogP contribution in [0.5, 0.6) is 0 Å². The van der Waals surface area contributed by atoms with Gasteiger partial charge in [-0.2, -0.15) is 0 Å². The second kappa shape index (κ2) is 4.02. The van der Waals surface area contributed by atoms with Gasteiger partial charge in [0, 0.05) is 12.2 Å². The summed E-state index contributed by atoms with van der Waals surface area (Å²) in [7, 11) is 1.36. The molecule has 5 nitrogen and oxygen atoms in total. The van der Waals surface area contributed by atoms with Crippen molar-refractivity contribution in [2.75, 3.05) is 7.11 Å². The lowest BCUT2D eigenvalue weighted by molar-refractivity contribution is -0.139. The molecule has 1 rings (SSSR count). The summed E-state index contributed by atoms with van der Waals surface area (Å²) < 4.78 is 6.21. The molecule has 1 aromatic heterocycles. The molecule has 0 fully saturated rings. The van der Waals surface area contributed by atoms with E-state index in [0.717, 1.165) is 0 Å². The maximum absolute atomic E-state index is 10.9. The minimum atomic E-state index is -0.296. The van der Waals surface area contributed by atoms with E-state index in [1.165, 1.54) is 7.11 Å². The standard InChI is InChI=1S/C8H13N3O2/c1-6(2)11-5-7(9-10-11)4-8(12)13-3/h5-6H,4H2,1-3H3. The normalized spacial score (nSPS) is 10.5. The number of carbonyl (C=O) groups excluding carboxylic acids is 1. The molecular formula is C8H13N3O2. The van der Waals surface area contributed by atoms with Crippen LogP contribution in [0.3, 0.4) is 0 Å². The maximum Gasteiger partial charge on any atom is 0.311 e. The highest BCUT2D eigenvalue weighted by molar-refractivity contribution is 5.71. The van der Waals surface area contributed by atoms with Crippen LogP contribution >= 0.6 is 0 Å². The van der Waals surface area contributed by atoms with E-state index in [-0.39, 0.29) is 18.4 Å². The van der Waals surface area contributed by atoms with Gasteiger partial charge in [0.15, 0.2) is 0 Å². The number of methoxy groups -OCH3 is 1. The van der Waals surface area contributed by atoms with Crippen molar-refractivity contribution in [2.45, 2.75) is 26.3 Å². The summed E-state index contributed by atoms with van der Waals surface area (Å²) >= 11 is 0. The molecule has 0 aliphatic rings. The van der Waals surface area contributed by atoms with E-state index < -0.39 is 0 Å². The summed E-state index contributed by atoms with van der Waals surface area (Å²) in [6, 6.07) is 0.263. The van der Waals surface area contributed by atoms with Crippen LogP contribution in [0.2, 0.25) is 0 Å². The average molecular weight is 183 g/mol. The zero-order valence-electron chi connectivity index (χ0n) is 8.02. The second-order valence-corrected chi connectivity index (χ2v) is 3.04. The van der Waals surface area contributed by atoms with Crippen molar-refractivity contribution in [3.63, 3.8) is 0 Å². The highest BCUT2D eigenvalue weighted by Gasteiger charge is 2.08. The maximum atomic E-state index is 10.9. The summed E-state index contributed by atoms with van der Waals surface area (Å²) in [4.78, 5) is 10.9. The zero-order chi connectivity index (χ0) is 9.84. The first-order valence-electron chi connectivity index (χ1n) is 4.11. The van der Waals surface area contributed by atoms with Gasteiger partial charge >= 0.3 is 5.97 Å². The van der Waals surface area contributed by atoms with Crippen molar-refractivity contribution < 1.29 is 9.53 Å². The van der Waals surface area contributed by atoms with Crippen molar-refractivity contribution in [1.82, 2.24) is 15.0 Å². The molecule has 0 N–H and O–H groups in total. The molecule has 0 saturated heterocycles. The Morgan fingerprint density at radius 1 is 1.69 bits per heavy atom. The van der Waals surface area contributed by atoms with Gasteiger partial charge in [0.25, 0.3) is 0 Å². The Bertz CT molecular complexity index is 293. The molecule has 5 heteroatoms. The van der Waals surface area contributed by atoms with E-state index in [4.69, 9.17) is 0 Å². The second-order valence-electron chi connectivity index (χ2n) is 3.04. The Labute approximate surface area is 76.7 Å². The molecule has 0 saturated carbocycles. The molecule has 0 bridgehead atoms. The van der Waals surface area contributed by atoms with Crippen LogP contribution < -0.4 is 0 Å². The van der Waals surface area contributed by atoms with Crippen LogP contribution in [-0.4, -0.2) is 28.1 Å². The lowest BCUT2D eigenvalue weighted by Crippen LogP contribution is -2.04. The van der Waals surface area contributed by atoms with Gasteiger partial charge in [-0.3, -0.25) is 4.79 Å². The van der Waals surface area contributed by atoms with Gasteiger partial charge in [-0.05, 0) is 13.8 Å². The topological polar surface area (TPSA) is 57.0 Å².